The Balaban J connectivity index is 1.49. The first-order chi connectivity index (χ1) is 23.1. The van der Waals surface area contributed by atoms with Crippen molar-refractivity contribution in [2.75, 3.05) is 13.2 Å². The van der Waals surface area contributed by atoms with E-state index in [2.05, 4.69) is 26.6 Å². The van der Waals surface area contributed by atoms with Crippen LogP contribution in [0.4, 0.5) is 9.59 Å². The number of ether oxygens (including phenoxy) is 2. The van der Waals surface area contributed by atoms with E-state index in [-0.39, 0.29) is 25.5 Å². The van der Waals surface area contributed by atoms with Crippen LogP contribution in [-0.2, 0) is 28.7 Å². The van der Waals surface area contributed by atoms with E-state index in [1.165, 1.54) is 20.8 Å². The first-order valence-electron chi connectivity index (χ1n) is 16.3. The second-order valence-corrected chi connectivity index (χ2v) is 13.0. The second kappa shape index (κ2) is 17.3. The SMILES string of the molecule is C[C@H](NC(=O)[C@H](CCCCNC(=O)OC(C)(C)C)NC(=O)[C@H](C)NC(=O)[C@H](C)NC(=O)OCC1c2ccccc2-c2ccccc21)C(=O)O. The number of carboxylic acid groups (broad SMARTS) is 1. The summed E-state index contributed by atoms with van der Waals surface area (Å²) in [4.78, 5) is 74.5. The summed E-state index contributed by atoms with van der Waals surface area (Å²) in [5.41, 5.74) is 3.60. The molecule has 6 N–H and O–H groups in total. The van der Waals surface area contributed by atoms with Gasteiger partial charge in [0.2, 0.25) is 17.7 Å². The summed E-state index contributed by atoms with van der Waals surface area (Å²) in [6.45, 7) is 9.67. The lowest BCUT2D eigenvalue weighted by Crippen LogP contribution is -2.56. The van der Waals surface area contributed by atoms with Gasteiger partial charge in [-0.05, 0) is 83.1 Å². The number of rotatable bonds is 15. The fourth-order valence-electron chi connectivity index (χ4n) is 5.21. The van der Waals surface area contributed by atoms with E-state index in [9.17, 15) is 33.9 Å². The minimum Gasteiger partial charge on any atom is -0.480 e. The third kappa shape index (κ3) is 11.5. The summed E-state index contributed by atoms with van der Waals surface area (Å²) in [6.07, 6.45) is -0.430. The monoisotopic (exact) mass is 681 g/mol. The standard InChI is InChI=1S/C35H47N5O9/c1-20(30(42)40-28(31(43)38-22(3)32(44)45)17-11-12-18-36-33(46)49-35(4,5)6)37-29(41)21(2)39-34(47)48-19-27-25-15-9-7-13-23(25)24-14-8-10-16-26(24)27/h7-10,13-16,20-22,27-28H,11-12,17-19H2,1-6H3,(H,36,46)(H,37,41)(H,38,43)(H,39,47)(H,40,42)(H,44,45)/t20-,21-,22-,28-/m0/s1. The summed E-state index contributed by atoms with van der Waals surface area (Å²) in [7, 11) is 0. The zero-order valence-electron chi connectivity index (χ0n) is 28.8. The highest BCUT2D eigenvalue weighted by Crippen LogP contribution is 2.44. The predicted octanol–water partition coefficient (Wildman–Crippen LogP) is 3.19. The van der Waals surface area contributed by atoms with Gasteiger partial charge in [-0.15, -0.1) is 0 Å². The number of hydrogen-bond donors (Lipinski definition) is 6. The Labute approximate surface area is 286 Å². The Morgan fingerprint density at radius 1 is 0.714 bits per heavy atom. The molecule has 49 heavy (non-hydrogen) atoms. The molecule has 2 aromatic rings. The molecule has 4 atom stereocenters. The Kier molecular flexibility index (Phi) is 13.5. The Morgan fingerprint density at radius 3 is 1.82 bits per heavy atom. The van der Waals surface area contributed by atoms with Crippen LogP contribution in [0.1, 0.15) is 77.8 Å². The molecule has 1 aliphatic rings. The highest BCUT2D eigenvalue weighted by Gasteiger charge is 2.30. The minimum absolute atomic E-state index is 0.0635. The fourth-order valence-corrected chi connectivity index (χ4v) is 5.21. The van der Waals surface area contributed by atoms with E-state index in [4.69, 9.17) is 9.47 Å². The first kappa shape index (κ1) is 38.3. The van der Waals surface area contributed by atoms with Crippen LogP contribution in [0, 0.1) is 0 Å². The molecule has 2 aromatic carbocycles. The highest BCUT2D eigenvalue weighted by molar-refractivity contribution is 5.94. The summed E-state index contributed by atoms with van der Waals surface area (Å²) in [5, 5.41) is 21.7. The number of carbonyl (C=O) groups excluding carboxylic acids is 5. The third-order valence-corrected chi connectivity index (χ3v) is 7.77. The number of benzene rings is 2. The van der Waals surface area contributed by atoms with E-state index in [0.717, 1.165) is 22.3 Å². The van der Waals surface area contributed by atoms with Crippen molar-refractivity contribution < 1.29 is 43.3 Å². The largest absolute Gasteiger partial charge is 0.480 e. The Bertz CT molecular complexity index is 1480. The second-order valence-electron chi connectivity index (χ2n) is 13.0. The molecular weight excluding hydrogens is 634 g/mol. The molecule has 0 aliphatic heterocycles. The normalized spacial score (nSPS) is 14.5. The lowest BCUT2D eigenvalue weighted by Gasteiger charge is -2.23. The van der Waals surface area contributed by atoms with Gasteiger partial charge in [-0.25, -0.2) is 9.59 Å². The van der Waals surface area contributed by atoms with Crippen LogP contribution in [-0.4, -0.2) is 83.9 Å². The van der Waals surface area contributed by atoms with E-state index in [1.807, 2.05) is 48.5 Å². The number of carbonyl (C=O) groups is 6. The Hall–Kier alpha value is -5.14. The highest BCUT2D eigenvalue weighted by atomic mass is 16.6. The number of amides is 5. The van der Waals surface area contributed by atoms with Gasteiger partial charge < -0.3 is 41.2 Å². The van der Waals surface area contributed by atoms with Gasteiger partial charge in [0, 0.05) is 12.5 Å². The van der Waals surface area contributed by atoms with Crippen LogP contribution in [0.2, 0.25) is 0 Å². The van der Waals surface area contributed by atoms with Gasteiger partial charge in [0.05, 0.1) is 0 Å². The number of unbranched alkanes of at least 4 members (excludes halogenated alkanes) is 1. The lowest BCUT2D eigenvalue weighted by atomic mass is 9.98. The number of carboxylic acids is 1. The average Bonchev–Trinajstić information content (AvgIpc) is 3.35. The van der Waals surface area contributed by atoms with Gasteiger partial charge in [0.15, 0.2) is 0 Å². The molecular formula is C35H47N5O9. The lowest BCUT2D eigenvalue weighted by molar-refractivity contribution is -0.141. The molecule has 1 aliphatic carbocycles. The predicted molar refractivity (Wildman–Crippen MR) is 181 cm³/mol. The van der Waals surface area contributed by atoms with Crippen molar-refractivity contribution in [3.05, 3.63) is 59.7 Å². The summed E-state index contributed by atoms with van der Waals surface area (Å²) in [5.74, 6) is -3.48. The number of fused-ring (bicyclic) bond motifs is 3. The maximum Gasteiger partial charge on any atom is 0.407 e. The number of hydrogen-bond acceptors (Lipinski definition) is 8. The van der Waals surface area contributed by atoms with Gasteiger partial charge in [-0.2, -0.15) is 0 Å². The van der Waals surface area contributed by atoms with E-state index in [1.54, 1.807) is 20.8 Å². The molecule has 0 saturated carbocycles. The molecule has 0 radical (unpaired) electrons. The molecule has 14 nitrogen and oxygen atoms in total. The molecule has 0 saturated heterocycles. The minimum atomic E-state index is -1.25. The molecule has 0 aromatic heterocycles. The van der Waals surface area contributed by atoms with E-state index >= 15 is 0 Å². The van der Waals surface area contributed by atoms with Crippen molar-refractivity contribution in [1.29, 1.82) is 0 Å². The van der Waals surface area contributed by atoms with Crippen molar-refractivity contribution in [3.63, 3.8) is 0 Å². The van der Waals surface area contributed by atoms with Crippen molar-refractivity contribution >= 4 is 35.9 Å². The van der Waals surface area contributed by atoms with E-state index in [0.29, 0.717) is 12.8 Å². The third-order valence-electron chi connectivity index (χ3n) is 7.77. The number of aliphatic carboxylic acids is 1. The quantitative estimate of drug-likeness (QED) is 0.153. The van der Waals surface area contributed by atoms with Crippen LogP contribution in [0.5, 0.6) is 0 Å². The van der Waals surface area contributed by atoms with Crippen LogP contribution in [0.3, 0.4) is 0 Å². The summed E-state index contributed by atoms with van der Waals surface area (Å²) < 4.78 is 10.7. The average molecular weight is 682 g/mol. The molecule has 266 valence electrons. The molecule has 0 bridgehead atoms. The van der Waals surface area contributed by atoms with Crippen molar-refractivity contribution in [2.45, 2.75) is 96.5 Å². The van der Waals surface area contributed by atoms with Crippen molar-refractivity contribution in [3.8, 4) is 11.1 Å². The number of alkyl carbamates (subject to hydrolysis) is 2. The van der Waals surface area contributed by atoms with Crippen molar-refractivity contribution in [2.24, 2.45) is 0 Å². The van der Waals surface area contributed by atoms with Crippen molar-refractivity contribution in [1.82, 2.24) is 26.6 Å². The molecule has 0 unspecified atom stereocenters. The number of nitrogens with one attached hydrogen (secondary N) is 5. The van der Waals surface area contributed by atoms with Gasteiger partial charge in [-0.3, -0.25) is 19.2 Å². The molecule has 5 amide bonds. The molecule has 3 rings (SSSR count). The van der Waals surface area contributed by atoms with Crippen LogP contribution in [0.15, 0.2) is 48.5 Å². The zero-order valence-corrected chi connectivity index (χ0v) is 28.8. The maximum absolute atomic E-state index is 13.0. The van der Waals surface area contributed by atoms with Gasteiger partial charge in [0.25, 0.3) is 0 Å². The Morgan fingerprint density at radius 2 is 1.24 bits per heavy atom. The maximum atomic E-state index is 13.0. The smallest absolute Gasteiger partial charge is 0.407 e. The van der Waals surface area contributed by atoms with Crippen LogP contribution in [0.25, 0.3) is 11.1 Å². The summed E-state index contributed by atoms with van der Waals surface area (Å²) >= 11 is 0. The van der Waals surface area contributed by atoms with Gasteiger partial charge >= 0.3 is 18.2 Å². The first-order valence-corrected chi connectivity index (χ1v) is 16.3. The van der Waals surface area contributed by atoms with Crippen LogP contribution >= 0.6 is 0 Å². The van der Waals surface area contributed by atoms with E-state index < -0.39 is 65.6 Å². The summed E-state index contributed by atoms with van der Waals surface area (Å²) in [6, 6.07) is 11.3. The molecule has 14 heteroatoms. The molecule has 0 spiro atoms. The molecule has 0 heterocycles. The van der Waals surface area contributed by atoms with Crippen LogP contribution < -0.4 is 26.6 Å². The zero-order chi connectivity index (χ0) is 36.3. The van der Waals surface area contributed by atoms with Gasteiger partial charge in [-0.1, -0.05) is 48.5 Å². The van der Waals surface area contributed by atoms with Gasteiger partial charge in [0.1, 0.15) is 36.4 Å². The topological polar surface area (TPSA) is 201 Å². The fraction of sp³-hybridized carbons (Fsp3) is 0.486. The molecule has 0 fully saturated rings.